The molecule has 5 aliphatic carbocycles. The molecule has 5 saturated carbocycles. The van der Waals surface area contributed by atoms with Gasteiger partial charge in [0.1, 0.15) is 42.7 Å². The average molecular weight is 767 g/mol. The molecule has 0 bridgehead atoms. The molecule has 20 atom stereocenters. The SMILES string of the molecule is C=C(C)[C@@H]1CC[C@]2(C(=O)O)CC[C@]3(C)[C@H](CC[C@@H]4[C@@]5(C)CC[C@H](O[C@@H]6O[C@H](CO)[C@@H](O)[C@H](O)[C@H]6O[C@@H]6OC[C@H](O)[C@H](O)[C@H]6O)[C@@](C)(CO)[C@@H]5CC[C@]43C)[C@@H]12. The molecule has 0 spiro atoms. The minimum atomic E-state index is -1.66. The Bertz CT molecular complexity index is 1430. The largest absolute Gasteiger partial charge is 0.481 e. The Labute approximate surface area is 319 Å². The van der Waals surface area contributed by atoms with Crippen LogP contribution in [-0.4, -0.2) is 128 Å². The average Bonchev–Trinajstić information content (AvgIpc) is 3.54. The lowest BCUT2D eigenvalue weighted by atomic mass is 9.32. The maximum Gasteiger partial charge on any atom is 0.309 e. The number of allylic oxidation sites excluding steroid dienone is 1. The van der Waals surface area contributed by atoms with Gasteiger partial charge in [-0.1, -0.05) is 39.8 Å². The molecule has 2 heterocycles. The summed E-state index contributed by atoms with van der Waals surface area (Å²) in [5, 5.41) is 84.9. The van der Waals surface area contributed by atoms with Crippen LogP contribution >= 0.6 is 0 Å². The van der Waals surface area contributed by atoms with E-state index in [9.17, 15) is 45.6 Å². The number of aliphatic hydroxyl groups is 7. The van der Waals surface area contributed by atoms with Crippen LogP contribution in [0, 0.1) is 56.7 Å². The highest BCUT2D eigenvalue weighted by molar-refractivity contribution is 5.76. The molecular weight excluding hydrogens is 700 g/mol. The van der Waals surface area contributed by atoms with Crippen LogP contribution in [0.1, 0.15) is 98.8 Å². The fourth-order valence-corrected chi connectivity index (χ4v) is 14.3. The number of hydrogen-bond acceptors (Lipinski definition) is 12. The summed E-state index contributed by atoms with van der Waals surface area (Å²) in [6.45, 7) is 14.7. The first-order chi connectivity index (χ1) is 25.3. The molecule has 0 amide bonds. The third-order valence-corrected chi connectivity index (χ3v) is 17.4. The minimum absolute atomic E-state index is 0.0446. The molecule has 13 nitrogen and oxygen atoms in total. The Hall–Kier alpha value is -1.23. The van der Waals surface area contributed by atoms with Gasteiger partial charge in [-0.3, -0.25) is 4.79 Å². The van der Waals surface area contributed by atoms with Crippen molar-refractivity contribution in [3.05, 3.63) is 12.2 Å². The van der Waals surface area contributed by atoms with Crippen molar-refractivity contribution < 1.29 is 64.6 Å². The molecule has 7 aliphatic rings. The standard InChI is InChI=1S/C41H66O13/c1-20(2)21-9-14-41(36(49)50)16-15-39(5)22(28(21)41)7-8-26-37(3)12-11-27(38(4,19-43)25(37)10-13-40(26,39)6)53-35-33(31(47)30(46)24(17-42)52-35)54-34-32(48)29(45)23(44)18-51-34/h21-35,42-48H,1,7-19H2,2-6H3,(H,49,50)/t21-,22+,23-,24+,25+,26+,27-,28+,29-,30+,31-,32+,33+,34-,35-,37-,38-,39+,40+,41-/m0/s1. The first kappa shape index (κ1) is 40.9. The topological polar surface area (TPSA) is 216 Å². The van der Waals surface area contributed by atoms with E-state index >= 15 is 0 Å². The predicted molar refractivity (Wildman–Crippen MR) is 193 cm³/mol. The van der Waals surface area contributed by atoms with Gasteiger partial charge in [-0.25, -0.2) is 0 Å². The van der Waals surface area contributed by atoms with Gasteiger partial charge in [-0.2, -0.15) is 0 Å². The van der Waals surface area contributed by atoms with Crippen LogP contribution in [0.4, 0.5) is 0 Å². The molecular formula is C41H66O13. The molecule has 8 N–H and O–H groups in total. The summed E-state index contributed by atoms with van der Waals surface area (Å²) in [7, 11) is 0. The highest BCUT2D eigenvalue weighted by atomic mass is 16.8. The first-order valence-corrected chi connectivity index (χ1v) is 20.4. The second kappa shape index (κ2) is 14.2. The zero-order valence-electron chi connectivity index (χ0n) is 32.7. The number of ether oxygens (including phenoxy) is 4. The van der Waals surface area contributed by atoms with Crippen LogP contribution in [0.5, 0.6) is 0 Å². The molecule has 0 radical (unpaired) electrons. The van der Waals surface area contributed by atoms with Crippen LogP contribution in [-0.2, 0) is 23.7 Å². The van der Waals surface area contributed by atoms with Crippen molar-refractivity contribution in [2.45, 2.75) is 160 Å². The number of carboxylic acids is 1. The minimum Gasteiger partial charge on any atom is -0.481 e. The number of carboxylic acid groups (broad SMARTS) is 1. The summed E-state index contributed by atoms with van der Waals surface area (Å²) in [5.74, 6) is 0.331. The van der Waals surface area contributed by atoms with Crippen molar-refractivity contribution in [2.24, 2.45) is 56.7 Å². The zero-order valence-corrected chi connectivity index (χ0v) is 32.7. The van der Waals surface area contributed by atoms with Crippen molar-refractivity contribution in [2.75, 3.05) is 19.8 Å². The molecule has 0 aromatic rings. The Morgan fingerprint density at radius 1 is 0.778 bits per heavy atom. The van der Waals surface area contributed by atoms with Crippen molar-refractivity contribution in [1.29, 1.82) is 0 Å². The van der Waals surface area contributed by atoms with Gasteiger partial charge in [0.25, 0.3) is 0 Å². The normalized spacial score (nSPS) is 55.9. The van der Waals surface area contributed by atoms with Crippen molar-refractivity contribution in [1.82, 2.24) is 0 Å². The van der Waals surface area contributed by atoms with E-state index < -0.39 is 84.8 Å². The van der Waals surface area contributed by atoms with E-state index in [-0.39, 0.29) is 53.1 Å². The molecule has 308 valence electrons. The van der Waals surface area contributed by atoms with Crippen LogP contribution in [0.2, 0.25) is 0 Å². The van der Waals surface area contributed by atoms with Crippen LogP contribution in [0.15, 0.2) is 12.2 Å². The molecule has 0 aromatic carbocycles. The maximum atomic E-state index is 13.1. The predicted octanol–water partition coefficient (Wildman–Crippen LogP) is 2.35. The number of aliphatic carboxylic acids is 1. The van der Waals surface area contributed by atoms with E-state index in [0.29, 0.717) is 18.8 Å². The van der Waals surface area contributed by atoms with Crippen LogP contribution in [0.3, 0.4) is 0 Å². The van der Waals surface area contributed by atoms with Crippen molar-refractivity contribution in [3.8, 4) is 0 Å². The van der Waals surface area contributed by atoms with Crippen molar-refractivity contribution >= 4 is 5.97 Å². The van der Waals surface area contributed by atoms with E-state index in [1.807, 2.05) is 6.92 Å². The van der Waals surface area contributed by atoms with E-state index in [1.54, 1.807) is 0 Å². The van der Waals surface area contributed by atoms with Gasteiger partial charge < -0.3 is 59.8 Å². The highest BCUT2D eigenvalue weighted by Crippen LogP contribution is 2.77. The van der Waals surface area contributed by atoms with Crippen molar-refractivity contribution in [3.63, 3.8) is 0 Å². The third kappa shape index (κ3) is 5.76. The summed E-state index contributed by atoms with van der Waals surface area (Å²) in [4.78, 5) is 13.1. The Morgan fingerprint density at radius 3 is 2.15 bits per heavy atom. The fourth-order valence-electron chi connectivity index (χ4n) is 14.3. The van der Waals surface area contributed by atoms with E-state index in [1.165, 1.54) is 0 Å². The zero-order chi connectivity index (χ0) is 39.3. The van der Waals surface area contributed by atoms with Crippen LogP contribution in [0.25, 0.3) is 0 Å². The van der Waals surface area contributed by atoms with Crippen LogP contribution < -0.4 is 0 Å². The lowest BCUT2D eigenvalue weighted by molar-refractivity contribution is -0.372. The lowest BCUT2D eigenvalue weighted by Gasteiger charge is -2.73. The van der Waals surface area contributed by atoms with Gasteiger partial charge >= 0.3 is 5.97 Å². The second-order valence-corrected chi connectivity index (χ2v) is 19.5. The van der Waals surface area contributed by atoms with Gasteiger partial charge in [0, 0.05) is 5.41 Å². The molecule has 7 rings (SSSR count). The monoisotopic (exact) mass is 766 g/mol. The Kier molecular flexibility index (Phi) is 10.8. The molecule has 0 aromatic heterocycles. The Morgan fingerprint density at radius 2 is 1.50 bits per heavy atom. The van der Waals surface area contributed by atoms with Gasteiger partial charge in [0.2, 0.25) is 0 Å². The van der Waals surface area contributed by atoms with E-state index in [4.69, 9.17) is 18.9 Å². The number of carbonyl (C=O) groups is 1. The summed E-state index contributed by atoms with van der Waals surface area (Å²) in [6, 6.07) is 0. The number of fused-ring (bicyclic) bond motifs is 7. The number of hydrogen-bond donors (Lipinski definition) is 8. The van der Waals surface area contributed by atoms with Gasteiger partial charge in [0.15, 0.2) is 12.6 Å². The third-order valence-electron chi connectivity index (χ3n) is 17.4. The molecule has 7 fully saturated rings. The molecule has 2 aliphatic heterocycles. The summed E-state index contributed by atoms with van der Waals surface area (Å²) >= 11 is 0. The Balaban J connectivity index is 1.15. The van der Waals surface area contributed by atoms with E-state index in [2.05, 4.69) is 34.3 Å². The second-order valence-electron chi connectivity index (χ2n) is 19.5. The molecule has 54 heavy (non-hydrogen) atoms. The molecule has 0 unspecified atom stereocenters. The molecule has 13 heteroatoms. The first-order valence-electron chi connectivity index (χ1n) is 20.4. The van der Waals surface area contributed by atoms with Gasteiger partial charge in [-0.05, 0) is 117 Å². The smallest absolute Gasteiger partial charge is 0.309 e. The van der Waals surface area contributed by atoms with Gasteiger partial charge in [0.05, 0.1) is 31.3 Å². The van der Waals surface area contributed by atoms with E-state index in [0.717, 1.165) is 56.9 Å². The van der Waals surface area contributed by atoms with Gasteiger partial charge in [-0.15, -0.1) is 0 Å². The fraction of sp³-hybridized carbons (Fsp3) is 0.927. The summed E-state index contributed by atoms with van der Waals surface area (Å²) < 4.78 is 24.1. The maximum absolute atomic E-state index is 13.1. The molecule has 2 saturated heterocycles. The number of aliphatic hydroxyl groups excluding tert-OH is 7. The highest BCUT2D eigenvalue weighted by Gasteiger charge is 2.72. The lowest BCUT2D eigenvalue weighted by Crippen LogP contribution is -2.68. The summed E-state index contributed by atoms with van der Waals surface area (Å²) in [5.41, 5.74) is -0.594. The summed E-state index contributed by atoms with van der Waals surface area (Å²) in [6.07, 6.45) is -5.46. The number of rotatable bonds is 8. The quantitative estimate of drug-likeness (QED) is 0.132.